The number of benzene rings is 1. The molecule has 0 fully saturated rings. The lowest BCUT2D eigenvalue weighted by Gasteiger charge is -2.34. The highest BCUT2D eigenvalue weighted by molar-refractivity contribution is 5.33. The van der Waals surface area contributed by atoms with E-state index in [1.54, 1.807) is 0 Å². The Labute approximate surface area is 111 Å². The molecule has 3 N–H and O–H groups in total. The normalized spacial score (nSPS) is 21.9. The van der Waals surface area contributed by atoms with Crippen LogP contribution in [0.2, 0.25) is 0 Å². The molecule has 0 saturated heterocycles. The summed E-state index contributed by atoms with van der Waals surface area (Å²) in [6, 6.07) is 2.69. The van der Waals surface area contributed by atoms with Gasteiger partial charge in [0.15, 0.2) is 0 Å². The van der Waals surface area contributed by atoms with Crippen molar-refractivity contribution in [2.45, 2.75) is 25.3 Å². The van der Waals surface area contributed by atoms with Crippen molar-refractivity contribution in [2.24, 2.45) is 5.73 Å². The van der Waals surface area contributed by atoms with Crippen LogP contribution in [0.5, 0.6) is 0 Å². The maximum Gasteiger partial charge on any atom is 0.129 e. The van der Waals surface area contributed by atoms with E-state index in [0.29, 0.717) is 24.9 Å². The zero-order valence-corrected chi connectivity index (χ0v) is 10.6. The second-order valence-electron chi connectivity index (χ2n) is 5.09. The molecule has 1 aliphatic heterocycles. The first-order valence-electron chi connectivity index (χ1n) is 6.55. The van der Waals surface area contributed by atoms with E-state index in [9.17, 15) is 8.78 Å². The maximum atomic E-state index is 13.7. The van der Waals surface area contributed by atoms with E-state index >= 15 is 0 Å². The summed E-state index contributed by atoms with van der Waals surface area (Å²) in [7, 11) is 0. The van der Waals surface area contributed by atoms with E-state index < -0.39 is 11.6 Å². The highest BCUT2D eigenvalue weighted by Crippen LogP contribution is 2.29. The summed E-state index contributed by atoms with van der Waals surface area (Å²) in [5, 5.41) is 3.15. The molecule has 1 aromatic rings. The van der Waals surface area contributed by atoms with Crippen LogP contribution in [0, 0.1) is 11.6 Å². The molecular weight excluding hydrogens is 248 g/mol. The van der Waals surface area contributed by atoms with Gasteiger partial charge in [0.05, 0.1) is 6.67 Å². The second kappa shape index (κ2) is 4.81. The summed E-state index contributed by atoms with van der Waals surface area (Å²) >= 11 is 0. The van der Waals surface area contributed by atoms with Crippen molar-refractivity contribution < 1.29 is 8.78 Å². The van der Waals surface area contributed by atoms with Crippen LogP contribution in [-0.4, -0.2) is 24.2 Å². The van der Waals surface area contributed by atoms with Gasteiger partial charge < -0.3 is 16.0 Å². The van der Waals surface area contributed by atoms with Crippen molar-refractivity contribution >= 4 is 0 Å². The predicted molar refractivity (Wildman–Crippen MR) is 69.2 cm³/mol. The molecule has 0 saturated carbocycles. The number of hydrogen-bond acceptors (Lipinski definition) is 3. The lowest BCUT2D eigenvalue weighted by molar-refractivity contribution is 0.239. The van der Waals surface area contributed by atoms with Crippen molar-refractivity contribution in [3.8, 4) is 0 Å². The zero-order valence-electron chi connectivity index (χ0n) is 10.6. The van der Waals surface area contributed by atoms with Crippen molar-refractivity contribution in [1.82, 2.24) is 10.2 Å². The molecule has 5 heteroatoms. The average molecular weight is 265 g/mol. The Bertz CT molecular complexity index is 528. The molecule has 1 aromatic carbocycles. The van der Waals surface area contributed by atoms with Crippen LogP contribution >= 0.6 is 0 Å². The summed E-state index contributed by atoms with van der Waals surface area (Å²) in [5.74, 6) is -0.909. The molecule has 1 aliphatic carbocycles. The van der Waals surface area contributed by atoms with Gasteiger partial charge in [0.2, 0.25) is 0 Å². The number of nitrogens with zero attached hydrogens (tertiary/aromatic N) is 1. The maximum absolute atomic E-state index is 13.7. The van der Waals surface area contributed by atoms with Gasteiger partial charge in [-0.15, -0.1) is 0 Å². The third-order valence-corrected chi connectivity index (χ3v) is 3.98. The van der Waals surface area contributed by atoms with Gasteiger partial charge in [-0.2, -0.15) is 0 Å². The predicted octanol–water partition coefficient (Wildman–Crippen LogP) is 1.48. The third kappa shape index (κ3) is 2.18. The number of fused-ring (bicyclic) bond motifs is 1. The Hall–Kier alpha value is -1.62. The van der Waals surface area contributed by atoms with Crippen LogP contribution in [0.3, 0.4) is 0 Å². The third-order valence-electron chi connectivity index (χ3n) is 3.98. The van der Waals surface area contributed by atoms with E-state index in [0.717, 1.165) is 30.4 Å². The van der Waals surface area contributed by atoms with Crippen LogP contribution in [0.25, 0.3) is 0 Å². The van der Waals surface area contributed by atoms with Crippen LogP contribution in [0.15, 0.2) is 24.0 Å². The highest BCUT2D eigenvalue weighted by atomic mass is 19.1. The van der Waals surface area contributed by atoms with Crippen LogP contribution < -0.4 is 11.1 Å². The molecule has 2 aliphatic rings. The number of rotatable bonds is 2. The van der Waals surface area contributed by atoms with E-state index in [-0.39, 0.29) is 6.04 Å². The molecule has 0 radical (unpaired) electrons. The Balaban J connectivity index is 1.84. The van der Waals surface area contributed by atoms with Gasteiger partial charge in [-0.25, -0.2) is 8.78 Å². The Morgan fingerprint density at radius 2 is 2.21 bits per heavy atom. The monoisotopic (exact) mass is 265 g/mol. The molecule has 0 amide bonds. The lowest BCUT2D eigenvalue weighted by atomic mass is 9.87. The smallest absolute Gasteiger partial charge is 0.129 e. The van der Waals surface area contributed by atoms with Crippen molar-refractivity contribution in [3.63, 3.8) is 0 Å². The van der Waals surface area contributed by atoms with E-state index in [2.05, 4.69) is 10.2 Å². The van der Waals surface area contributed by atoms with Crippen LogP contribution in [0.1, 0.15) is 17.5 Å². The van der Waals surface area contributed by atoms with Crippen molar-refractivity contribution in [2.75, 3.05) is 13.2 Å². The molecule has 1 unspecified atom stereocenters. The van der Waals surface area contributed by atoms with Crippen LogP contribution in [0.4, 0.5) is 8.78 Å². The number of halogens is 2. The SMILES string of the molecule is NCC1=CNCN1C1CCc2c(F)cc(F)cc2C1. The second-order valence-corrected chi connectivity index (χ2v) is 5.09. The molecule has 0 aromatic heterocycles. The number of nitrogens with one attached hydrogen (secondary N) is 1. The van der Waals surface area contributed by atoms with E-state index in [1.807, 2.05) is 6.20 Å². The van der Waals surface area contributed by atoms with Gasteiger partial charge in [-0.05, 0) is 36.5 Å². The summed E-state index contributed by atoms with van der Waals surface area (Å²) in [6.45, 7) is 1.21. The first-order valence-corrected chi connectivity index (χ1v) is 6.55. The largest absolute Gasteiger partial charge is 0.372 e. The Kier molecular flexibility index (Phi) is 3.14. The van der Waals surface area contributed by atoms with E-state index in [4.69, 9.17) is 5.73 Å². The first-order chi connectivity index (χ1) is 9.19. The minimum atomic E-state index is -0.494. The first kappa shape index (κ1) is 12.4. The van der Waals surface area contributed by atoms with Gasteiger partial charge in [-0.1, -0.05) is 0 Å². The molecule has 0 spiro atoms. The van der Waals surface area contributed by atoms with Gasteiger partial charge in [-0.3, -0.25) is 0 Å². The molecule has 19 heavy (non-hydrogen) atoms. The summed E-state index contributed by atoms with van der Waals surface area (Å²) < 4.78 is 27.0. The molecule has 3 rings (SSSR count). The fraction of sp³-hybridized carbons (Fsp3) is 0.429. The topological polar surface area (TPSA) is 41.3 Å². The molecular formula is C14H17F2N3. The van der Waals surface area contributed by atoms with Gasteiger partial charge in [0, 0.05) is 30.5 Å². The molecule has 1 heterocycles. The summed E-state index contributed by atoms with van der Waals surface area (Å²) in [4.78, 5) is 2.20. The lowest BCUT2D eigenvalue weighted by Crippen LogP contribution is -2.40. The van der Waals surface area contributed by atoms with Crippen LogP contribution in [-0.2, 0) is 12.8 Å². The zero-order chi connectivity index (χ0) is 13.4. The fourth-order valence-electron chi connectivity index (χ4n) is 3.04. The molecule has 0 bridgehead atoms. The van der Waals surface area contributed by atoms with Crippen molar-refractivity contribution in [1.29, 1.82) is 0 Å². The van der Waals surface area contributed by atoms with Gasteiger partial charge in [0.1, 0.15) is 11.6 Å². The average Bonchev–Trinajstić information content (AvgIpc) is 2.86. The summed E-state index contributed by atoms with van der Waals surface area (Å²) in [6.07, 6.45) is 4.11. The molecule has 3 nitrogen and oxygen atoms in total. The van der Waals surface area contributed by atoms with Gasteiger partial charge in [0.25, 0.3) is 0 Å². The summed E-state index contributed by atoms with van der Waals surface area (Å²) in [5.41, 5.74) is 8.22. The number of nitrogens with two attached hydrogens (primary N) is 1. The Morgan fingerprint density at radius 3 is 3.00 bits per heavy atom. The molecule has 1 atom stereocenters. The quantitative estimate of drug-likeness (QED) is 0.851. The Morgan fingerprint density at radius 1 is 1.37 bits per heavy atom. The standard InChI is InChI=1S/C14H17F2N3/c15-10-3-9-4-11(1-2-13(9)14(16)5-10)19-8-18-7-12(19)6-17/h3,5,7,11,18H,1-2,4,6,8,17H2. The molecule has 102 valence electrons. The van der Waals surface area contributed by atoms with Gasteiger partial charge >= 0.3 is 0 Å². The highest BCUT2D eigenvalue weighted by Gasteiger charge is 2.28. The van der Waals surface area contributed by atoms with E-state index in [1.165, 1.54) is 6.07 Å². The number of hydrogen-bond donors (Lipinski definition) is 2. The minimum absolute atomic E-state index is 0.262. The minimum Gasteiger partial charge on any atom is -0.372 e. The van der Waals surface area contributed by atoms with Crippen molar-refractivity contribution in [3.05, 3.63) is 46.8 Å². The fourth-order valence-corrected chi connectivity index (χ4v) is 3.04.